The van der Waals surface area contributed by atoms with E-state index in [-0.39, 0.29) is 30.4 Å². The number of fused-ring (bicyclic) bond motifs is 4. The van der Waals surface area contributed by atoms with Crippen molar-refractivity contribution in [1.29, 1.82) is 0 Å². The summed E-state index contributed by atoms with van der Waals surface area (Å²) < 4.78 is 7.79. The van der Waals surface area contributed by atoms with E-state index in [0.29, 0.717) is 32.0 Å². The third-order valence-corrected chi connectivity index (χ3v) is 8.73. The Morgan fingerprint density at radius 1 is 0.780 bits per heavy atom. The molecule has 4 heterocycles. The summed E-state index contributed by atoms with van der Waals surface area (Å²) in [5.74, 6) is 0.102. The van der Waals surface area contributed by atoms with E-state index in [1.54, 1.807) is 12.1 Å². The van der Waals surface area contributed by atoms with Crippen LogP contribution in [0.3, 0.4) is 0 Å². The van der Waals surface area contributed by atoms with Crippen LogP contribution in [0.2, 0.25) is 0 Å². The summed E-state index contributed by atoms with van der Waals surface area (Å²) in [6.45, 7) is 2.57. The summed E-state index contributed by atoms with van der Waals surface area (Å²) in [7, 11) is 2.88. The fourth-order valence-corrected chi connectivity index (χ4v) is 6.77. The molecule has 212 valence electrons. The molecule has 2 fully saturated rings. The molecule has 0 spiro atoms. The van der Waals surface area contributed by atoms with Crippen LogP contribution in [-0.2, 0) is 29.2 Å². The van der Waals surface area contributed by atoms with Gasteiger partial charge in [-0.1, -0.05) is 48.5 Å². The quantitative estimate of drug-likeness (QED) is 0.417. The molecule has 4 amide bonds. The number of ether oxygens (including phenoxy) is 1. The average molecular weight is 555 g/mol. The number of rotatable bonds is 7. The first-order chi connectivity index (χ1) is 19.7. The number of nitrogens with zero attached hydrogens (tertiary/aromatic N) is 4. The number of hydrogen-bond acceptors (Lipinski definition) is 6. The lowest BCUT2D eigenvalue weighted by Crippen LogP contribution is -2.67. The molecule has 2 saturated heterocycles. The van der Waals surface area contributed by atoms with Gasteiger partial charge in [0.25, 0.3) is 5.56 Å². The highest BCUT2D eigenvalue weighted by atomic mass is 16.5. The summed E-state index contributed by atoms with van der Waals surface area (Å²) in [6, 6.07) is 22.1. The van der Waals surface area contributed by atoms with Crippen molar-refractivity contribution >= 4 is 17.8 Å². The SMILES string of the molecule is CN1C(=O)N(C)C(=O)C(Cc2ccc(OCc3ccccc3)cc2)(CN2C[C@@H]3C[C@H](C2)c2cccc(=O)n2C3)C1=O. The maximum Gasteiger partial charge on any atom is 0.332 e. The molecule has 41 heavy (non-hydrogen) atoms. The van der Waals surface area contributed by atoms with E-state index in [9.17, 15) is 19.2 Å². The van der Waals surface area contributed by atoms with Crippen molar-refractivity contribution in [3.8, 4) is 5.75 Å². The minimum absolute atomic E-state index is 0.0118. The molecule has 0 aliphatic carbocycles. The van der Waals surface area contributed by atoms with E-state index in [4.69, 9.17) is 4.74 Å². The largest absolute Gasteiger partial charge is 0.489 e. The fourth-order valence-electron chi connectivity index (χ4n) is 6.77. The number of benzene rings is 2. The second-order valence-electron chi connectivity index (χ2n) is 11.6. The third-order valence-electron chi connectivity index (χ3n) is 8.73. The van der Waals surface area contributed by atoms with Gasteiger partial charge in [0.05, 0.1) is 0 Å². The molecule has 2 atom stereocenters. The molecule has 0 radical (unpaired) electrons. The Labute approximate surface area is 238 Å². The molecule has 9 nitrogen and oxygen atoms in total. The van der Waals surface area contributed by atoms with E-state index in [2.05, 4.69) is 4.90 Å². The Hall–Kier alpha value is -4.24. The van der Waals surface area contributed by atoms with E-state index in [0.717, 1.165) is 33.0 Å². The van der Waals surface area contributed by atoms with Crippen molar-refractivity contribution in [2.75, 3.05) is 33.7 Å². The molecule has 3 aliphatic rings. The number of aromatic nitrogens is 1. The van der Waals surface area contributed by atoms with Gasteiger partial charge in [-0.3, -0.25) is 24.2 Å². The molecule has 3 aliphatic heterocycles. The van der Waals surface area contributed by atoms with Crippen LogP contribution >= 0.6 is 0 Å². The van der Waals surface area contributed by atoms with Crippen LogP contribution in [0.4, 0.5) is 4.79 Å². The van der Waals surface area contributed by atoms with Crippen molar-refractivity contribution < 1.29 is 19.1 Å². The summed E-state index contributed by atoms with van der Waals surface area (Å²) in [6.07, 6.45) is 1.13. The highest BCUT2D eigenvalue weighted by Crippen LogP contribution is 2.39. The van der Waals surface area contributed by atoms with Gasteiger partial charge in [-0.2, -0.15) is 0 Å². The van der Waals surface area contributed by atoms with Gasteiger partial charge in [0.15, 0.2) is 0 Å². The molecule has 0 N–H and O–H groups in total. The summed E-state index contributed by atoms with van der Waals surface area (Å²) in [5, 5.41) is 0. The van der Waals surface area contributed by atoms with Gasteiger partial charge in [0, 0.05) is 58.0 Å². The number of imide groups is 2. The van der Waals surface area contributed by atoms with Crippen molar-refractivity contribution in [3.05, 3.63) is 100.0 Å². The molecule has 0 saturated carbocycles. The number of amides is 4. The first kappa shape index (κ1) is 27.0. The summed E-state index contributed by atoms with van der Waals surface area (Å²) in [4.78, 5) is 57.2. The Bertz CT molecular complexity index is 1510. The number of carbonyl (C=O) groups is 3. The van der Waals surface area contributed by atoms with Gasteiger partial charge in [0.2, 0.25) is 11.8 Å². The van der Waals surface area contributed by atoms with Crippen molar-refractivity contribution in [2.45, 2.75) is 31.9 Å². The summed E-state index contributed by atoms with van der Waals surface area (Å²) in [5.41, 5.74) is 1.43. The van der Waals surface area contributed by atoms with Gasteiger partial charge >= 0.3 is 6.03 Å². The lowest BCUT2D eigenvalue weighted by molar-refractivity contribution is -0.159. The highest BCUT2D eigenvalue weighted by molar-refractivity contribution is 6.19. The number of piperidine rings is 1. The van der Waals surface area contributed by atoms with Crippen LogP contribution in [0.25, 0.3) is 0 Å². The van der Waals surface area contributed by atoms with Gasteiger partial charge in [-0.05, 0) is 48.1 Å². The maximum absolute atomic E-state index is 13.9. The molecule has 6 rings (SSSR count). The van der Waals surface area contributed by atoms with Crippen LogP contribution in [0, 0.1) is 11.3 Å². The topological polar surface area (TPSA) is 92.2 Å². The van der Waals surface area contributed by atoms with Gasteiger partial charge < -0.3 is 14.2 Å². The fraction of sp³-hybridized carbons (Fsp3) is 0.375. The molecule has 3 aromatic rings. The Balaban J connectivity index is 1.26. The summed E-state index contributed by atoms with van der Waals surface area (Å²) >= 11 is 0. The first-order valence-corrected chi connectivity index (χ1v) is 14.0. The van der Waals surface area contributed by atoms with Gasteiger partial charge in [-0.25, -0.2) is 4.79 Å². The van der Waals surface area contributed by atoms with E-state index < -0.39 is 23.3 Å². The zero-order chi connectivity index (χ0) is 28.7. The van der Waals surface area contributed by atoms with Crippen LogP contribution in [0.15, 0.2) is 77.6 Å². The number of carbonyl (C=O) groups excluding carboxylic acids is 3. The smallest absolute Gasteiger partial charge is 0.332 e. The third kappa shape index (κ3) is 4.95. The minimum atomic E-state index is -1.45. The van der Waals surface area contributed by atoms with Crippen molar-refractivity contribution in [1.82, 2.24) is 19.3 Å². The zero-order valence-electron chi connectivity index (χ0n) is 23.4. The molecule has 2 aromatic carbocycles. The zero-order valence-corrected chi connectivity index (χ0v) is 23.4. The van der Waals surface area contributed by atoms with Crippen molar-refractivity contribution in [3.63, 3.8) is 0 Å². The molecule has 1 aromatic heterocycles. The normalized spacial score (nSPS) is 22.0. The van der Waals surface area contributed by atoms with Crippen molar-refractivity contribution in [2.24, 2.45) is 11.3 Å². The molecule has 0 unspecified atom stereocenters. The first-order valence-electron chi connectivity index (χ1n) is 14.0. The van der Waals surface area contributed by atoms with Crippen LogP contribution < -0.4 is 10.3 Å². The number of likely N-dealkylation sites (tertiary alicyclic amines) is 1. The van der Waals surface area contributed by atoms with E-state index >= 15 is 0 Å². The molecule has 9 heteroatoms. The number of pyridine rings is 1. The standard InChI is InChI=1S/C32H34N4O5/c1-33-29(38)32(30(39)34(2)31(33)40,16-22-11-13-26(14-12-22)41-20-23-7-4-3-5-8-23)21-35-17-24-15-25(19-35)27-9-6-10-28(37)36(27)18-24/h3-14,24-25H,15-21H2,1-2H3/t24-,25+/m0/s1. The molecular weight excluding hydrogens is 520 g/mol. The van der Waals surface area contributed by atoms with Gasteiger partial charge in [-0.15, -0.1) is 0 Å². The van der Waals surface area contributed by atoms with Gasteiger partial charge in [0.1, 0.15) is 17.8 Å². The second-order valence-corrected chi connectivity index (χ2v) is 11.6. The van der Waals surface area contributed by atoms with E-state index in [1.165, 1.54) is 14.1 Å². The maximum atomic E-state index is 13.9. The lowest BCUT2D eigenvalue weighted by atomic mass is 9.75. The van der Waals surface area contributed by atoms with Crippen LogP contribution in [0.1, 0.15) is 29.2 Å². The Kier molecular flexibility index (Phi) is 6.99. The minimum Gasteiger partial charge on any atom is -0.489 e. The Morgan fingerprint density at radius 2 is 1.49 bits per heavy atom. The Morgan fingerprint density at radius 3 is 2.20 bits per heavy atom. The van der Waals surface area contributed by atoms with E-state index in [1.807, 2.05) is 65.2 Å². The van der Waals surface area contributed by atoms with Crippen LogP contribution in [-0.4, -0.2) is 70.8 Å². The van der Waals surface area contributed by atoms with Crippen LogP contribution in [0.5, 0.6) is 5.75 Å². The number of urea groups is 1. The second kappa shape index (κ2) is 10.6. The molecular formula is C32H34N4O5. The highest BCUT2D eigenvalue weighted by Gasteiger charge is 2.56. The predicted octanol–water partition coefficient (Wildman–Crippen LogP) is 3.13. The monoisotopic (exact) mass is 554 g/mol. The number of hydrogen-bond donors (Lipinski definition) is 0. The number of barbiturate groups is 1. The lowest BCUT2D eigenvalue weighted by Gasteiger charge is -2.48. The molecule has 2 bridgehead atoms. The average Bonchev–Trinajstić information content (AvgIpc) is 2.99. The predicted molar refractivity (Wildman–Crippen MR) is 152 cm³/mol.